The summed E-state index contributed by atoms with van der Waals surface area (Å²) in [6, 6.07) is 13.4. The van der Waals surface area contributed by atoms with E-state index in [1.807, 2.05) is 0 Å². The fraction of sp³-hybridized carbons (Fsp3) is 0.219. The molecule has 0 spiro atoms. The maximum absolute atomic E-state index is 14.7. The van der Waals surface area contributed by atoms with E-state index in [9.17, 15) is 32.4 Å². The van der Waals surface area contributed by atoms with E-state index in [1.165, 1.54) is 24.5 Å². The summed E-state index contributed by atoms with van der Waals surface area (Å²) < 4.78 is 57.5. The van der Waals surface area contributed by atoms with Crippen LogP contribution in [-0.2, 0) is 18.0 Å². The number of H-pyrrole nitrogens is 1. The number of hydrogen-bond donors (Lipinski definition) is 2. The molecule has 11 nitrogen and oxygen atoms in total. The number of benzene rings is 3. The van der Waals surface area contributed by atoms with Gasteiger partial charge in [0.05, 0.1) is 45.9 Å². The number of amides is 1. The van der Waals surface area contributed by atoms with Crippen LogP contribution in [0.1, 0.15) is 54.0 Å². The fourth-order valence-electron chi connectivity index (χ4n) is 6.46. The number of carbonyl (C=O) groups excluding carboxylic acids is 1. The molecule has 1 unspecified atom stereocenters. The van der Waals surface area contributed by atoms with Crippen molar-refractivity contribution in [2.75, 3.05) is 15.1 Å². The topological polar surface area (TPSA) is 136 Å². The van der Waals surface area contributed by atoms with E-state index in [0.29, 0.717) is 33.8 Å². The number of carbonyl (C=O) groups is 1. The third kappa shape index (κ3) is 4.60. The molecule has 2 aromatic heterocycles. The number of anilines is 3. The average Bonchev–Trinajstić information content (AvgIpc) is 3.54. The van der Waals surface area contributed by atoms with Crippen LogP contribution in [-0.4, -0.2) is 41.5 Å². The van der Waals surface area contributed by atoms with Gasteiger partial charge in [-0.05, 0) is 74.1 Å². The van der Waals surface area contributed by atoms with E-state index in [4.69, 9.17) is 12.2 Å². The van der Waals surface area contributed by atoms with E-state index in [2.05, 4.69) is 25.6 Å². The van der Waals surface area contributed by atoms with Gasteiger partial charge in [0.15, 0.2) is 5.11 Å². The molecule has 0 bridgehead atoms. The van der Waals surface area contributed by atoms with Gasteiger partial charge in [0, 0.05) is 23.8 Å². The third-order valence-corrected chi connectivity index (χ3v) is 9.08. The molecule has 0 saturated carbocycles. The lowest BCUT2D eigenvalue weighted by molar-refractivity contribution is -0.137. The van der Waals surface area contributed by atoms with Crippen molar-refractivity contribution >= 4 is 51.1 Å². The van der Waals surface area contributed by atoms with Gasteiger partial charge < -0.3 is 10.2 Å². The second kappa shape index (κ2) is 10.7. The molecular weight excluding hydrogens is 650 g/mol. The lowest BCUT2D eigenvalue weighted by atomic mass is 9.83. The number of nitriles is 1. The van der Waals surface area contributed by atoms with Crippen molar-refractivity contribution in [3.8, 4) is 6.07 Å². The number of nitrogens with zero attached hydrogens (tertiary/aromatic N) is 7. The number of nitrogens with one attached hydrogen (secondary N) is 2. The lowest BCUT2D eigenvalue weighted by Gasteiger charge is -2.34. The maximum Gasteiger partial charge on any atom is 0.417 e. The molecule has 1 fully saturated rings. The van der Waals surface area contributed by atoms with Crippen LogP contribution in [0.3, 0.4) is 0 Å². The van der Waals surface area contributed by atoms with Crippen molar-refractivity contribution < 1.29 is 22.4 Å². The molecule has 48 heavy (non-hydrogen) atoms. The van der Waals surface area contributed by atoms with Crippen molar-refractivity contribution in [3.63, 3.8) is 0 Å². The minimum atomic E-state index is -4.82. The Labute approximate surface area is 274 Å². The van der Waals surface area contributed by atoms with E-state index in [-0.39, 0.29) is 16.2 Å². The number of hydrogen-bond acceptors (Lipinski definition) is 8. The number of aryl methyl sites for hydroxylation is 1. The molecule has 2 atom stereocenters. The predicted octanol–water partition coefficient (Wildman–Crippen LogP) is 5.30. The van der Waals surface area contributed by atoms with Gasteiger partial charge in [-0.1, -0.05) is 12.1 Å². The van der Waals surface area contributed by atoms with Gasteiger partial charge in [0.25, 0.3) is 11.5 Å². The van der Waals surface area contributed by atoms with Crippen LogP contribution in [0.25, 0.3) is 10.8 Å². The second-order valence-corrected chi connectivity index (χ2v) is 12.3. The van der Waals surface area contributed by atoms with Crippen LogP contribution in [0.15, 0.2) is 65.7 Å². The standard InChI is InChI=1S/C32H23F4N9O2S/c1-31(2)29(47)44(19-9-6-16(13-37)21(12-19)32(34,35)36)30(48)45(31)18-7-4-15(5-8-18)25-24(27-38-14-39-43(27)3)26-23-20(28(46)42-41-26)10-17(33)11-22(23)40-25/h4-12,14,24-25,40H,1-3H3,(H,42,46)/t24?,25-/m0/s1. The SMILES string of the molecule is Cn1ncnc1C1c2n[nH]c(=O)c3cc(F)cc(c23)N[C@H]1c1ccc(N2C(=S)N(c3ccc(C#N)c(C(F)(F)F)c3)C(=O)C2(C)C)cc1. The Morgan fingerprint density at radius 3 is 2.40 bits per heavy atom. The first-order chi connectivity index (χ1) is 22.7. The molecule has 1 saturated heterocycles. The molecular formula is C32H23F4N9O2S. The predicted molar refractivity (Wildman–Crippen MR) is 171 cm³/mol. The van der Waals surface area contributed by atoms with Gasteiger partial charge in [0.1, 0.15) is 23.5 Å². The molecule has 2 aliphatic rings. The smallest absolute Gasteiger partial charge is 0.376 e. The number of halogens is 4. The highest BCUT2D eigenvalue weighted by Gasteiger charge is 2.51. The first-order valence-electron chi connectivity index (χ1n) is 14.4. The number of aromatic amines is 1. The van der Waals surface area contributed by atoms with Crippen LogP contribution in [0, 0.1) is 17.1 Å². The van der Waals surface area contributed by atoms with Crippen molar-refractivity contribution in [1.29, 1.82) is 5.26 Å². The van der Waals surface area contributed by atoms with Crippen molar-refractivity contribution in [3.05, 3.63) is 105 Å². The highest BCUT2D eigenvalue weighted by molar-refractivity contribution is 7.81. The van der Waals surface area contributed by atoms with Gasteiger partial charge in [-0.2, -0.15) is 28.6 Å². The highest BCUT2D eigenvalue weighted by atomic mass is 32.1. The van der Waals surface area contributed by atoms with Crippen LogP contribution >= 0.6 is 12.2 Å². The van der Waals surface area contributed by atoms with E-state index in [0.717, 1.165) is 23.1 Å². The summed E-state index contributed by atoms with van der Waals surface area (Å²) in [5.41, 5.74) is -1.68. The lowest BCUT2D eigenvalue weighted by Crippen LogP contribution is -2.44. The Morgan fingerprint density at radius 1 is 1.04 bits per heavy atom. The van der Waals surface area contributed by atoms with Gasteiger partial charge in [-0.15, -0.1) is 0 Å². The van der Waals surface area contributed by atoms with Crippen molar-refractivity contribution in [2.45, 2.75) is 37.5 Å². The molecule has 16 heteroatoms. The Balaban J connectivity index is 1.28. The number of rotatable bonds is 4. The summed E-state index contributed by atoms with van der Waals surface area (Å²) in [6.45, 7) is 3.21. The molecule has 5 aromatic rings. The summed E-state index contributed by atoms with van der Waals surface area (Å²) in [6.07, 6.45) is -3.43. The first kappa shape index (κ1) is 30.9. The number of alkyl halides is 3. The molecule has 2 N–H and O–H groups in total. The van der Waals surface area contributed by atoms with Crippen LogP contribution in [0.5, 0.6) is 0 Å². The number of thiocarbonyl (C=S) groups is 1. The zero-order valence-electron chi connectivity index (χ0n) is 25.3. The molecule has 7 rings (SSSR count). The Bertz CT molecular complexity index is 2270. The minimum absolute atomic E-state index is 0.0485. The minimum Gasteiger partial charge on any atom is -0.376 e. The molecule has 2 aliphatic heterocycles. The zero-order valence-corrected chi connectivity index (χ0v) is 26.1. The van der Waals surface area contributed by atoms with E-state index in [1.54, 1.807) is 54.7 Å². The van der Waals surface area contributed by atoms with Gasteiger partial charge >= 0.3 is 6.18 Å². The average molecular weight is 674 g/mol. The van der Waals surface area contributed by atoms with Crippen LogP contribution in [0.4, 0.5) is 34.6 Å². The van der Waals surface area contributed by atoms with Crippen molar-refractivity contribution in [1.82, 2.24) is 25.0 Å². The first-order valence-corrected chi connectivity index (χ1v) is 14.9. The van der Waals surface area contributed by atoms with E-state index >= 15 is 0 Å². The summed E-state index contributed by atoms with van der Waals surface area (Å²) in [7, 11) is 1.72. The normalized spacial score (nSPS) is 18.7. The Kier molecular flexibility index (Phi) is 6.88. The summed E-state index contributed by atoms with van der Waals surface area (Å²) in [5, 5.41) is 24.2. The maximum atomic E-state index is 14.7. The van der Waals surface area contributed by atoms with E-state index < -0.39 is 52.1 Å². The Morgan fingerprint density at radius 2 is 1.75 bits per heavy atom. The Hall–Kier alpha value is -5.69. The van der Waals surface area contributed by atoms with Gasteiger partial charge in [0.2, 0.25) is 0 Å². The second-order valence-electron chi connectivity index (χ2n) is 11.9. The summed E-state index contributed by atoms with van der Waals surface area (Å²) >= 11 is 5.68. The highest BCUT2D eigenvalue weighted by Crippen LogP contribution is 2.47. The van der Waals surface area contributed by atoms with Crippen molar-refractivity contribution in [2.24, 2.45) is 7.05 Å². The molecule has 3 aromatic carbocycles. The number of aromatic nitrogens is 5. The molecule has 0 aliphatic carbocycles. The van der Waals surface area contributed by atoms with Gasteiger partial charge in [-0.3, -0.25) is 19.2 Å². The largest absolute Gasteiger partial charge is 0.417 e. The molecule has 0 radical (unpaired) electrons. The van der Waals surface area contributed by atoms with Gasteiger partial charge in [-0.25, -0.2) is 14.5 Å². The summed E-state index contributed by atoms with van der Waals surface area (Å²) in [5.74, 6) is -1.22. The van der Waals surface area contributed by atoms with Crippen LogP contribution in [0.2, 0.25) is 0 Å². The third-order valence-electron chi connectivity index (χ3n) is 8.71. The quantitative estimate of drug-likeness (QED) is 0.193. The van der Waals surface area contributed by atoms with Crippen LogP contribution < -0.4 is 20.7 Å². The molecule has 4 heterocycles. The monoisotopic (exact) mass is 673 g/mol. The summed E-state index contributed by atoms with van der Waals surface area (Å²) in [4.78, 5) is 33.3. The zero-order chi connectivity index (χ0) is 34.3. The fourth-order valence-corrected chi connectivity index (χ4v) is 6.98. The molecule has 242 valence electrons. The molecule has 1 amide bonds.